The summed E-state index contributed by atoms with van der Waals surface area (Å²) in [6.07, 6.45) is 3.14. The highest BCUT2D eigenvalue weighted by atomic mass is 31.1. The van der Waals surface area contributed by atoms with Gasteiger partial charge in [0.15, 0.2) is 0 Å². The summed E-state index contributed by atoms with van der Waals surface area (Å²) in [4.78, 5) is 8.45. The van der Waals surface area contributed by atoms with Gasteiger partial charge in [-0.25, -0.2) is 9.97 Å². The quantitative estimate of drug-likeness (QED) is 0.821. The molecule has 0 aliphatic rings. The van der Waals surface area contributed by atoms with Crippen LogP contribution in [0.25, 0.3) is 0 Å². The summed E-state index contributed by atoms with van der Waals surface area (Å²) < 4.78 is 0. The second-order valence-electron chi connectivity index (χ2n) is 4.00. The van der Waals surface area contributed by atoms with Crippen molar-refractivity contribution in [1.29, 1.82) is 0 Å². The number of hydrogen-bond donors (Lipinski definition) is 2. The molecule has 2 rings (SSSR count). The first kappa shape index (κ1) is 13.5. The van der Waals surface area contributed by atoms with E-state index in [1.807, 2.05) is 19.1 Å². The van der Waals surface area contributed by atoms with Crippen molar-refractivity contribution in [3.8, 4) is 0 Å². The van der Waals surface area contributed by atoms with Crippen molar-refractivity contribution in [3.05, 3.63) is 48.9 Å². The molecule has 2 aromatic rings. The zero-order chi connectivity index (χ0) is 13.7. The van der Waals surface area contributed by atoms with Gasteiger partial charge in [-0.1, -0.05) is 27.3 Å². The highest BCUT2D eigenvalue weighted by Gasteiger charge is 2.06. The van der Waals surface area contributed by atoms with Crippen LogP contribution in [0, 0.1) is 6.92 Å². The van der Waals surface area contributed by atoms with Crippen molar-refractivity contribution in [2.75, 3.05) is 17.3 Å². The van der Waals surface area contributed by atoms with Crippen LogP contribution in [0.1, 0.15) is 5.56 Å². The van der Waals surface area contributed by atoms with Gasteiger partial charge in [0, 0.05) is 11.3 Å². The van der Waals surface area contributed by atoms with Crippen LogP contribution in [-0.2, 0) is 0 Å². The maximum Gasteiger partial charge on any atom is 0.138 e. The van der Waals surface area contributed by atoms with Crippen LogP contribution >= 0.6 is 8.58 Å². The molecule has 1 unspecified atom stereocenters. The highest BCUT2D eigenvalue weighted by Crippen LogP contribution is 2.22. The zero-order valence-electron chi connectivity index (χ0n) is 11.1. The van der Waals surface area contributed by atoms with Gasteiger partial charge in [-0.3, -0.25) is 0 Å². The molecule has 0 fully saturated rings. The standard InChI is InChI=1S/C14H17N4P/c1-4-15-13-10(2)14(17-9-16-13)18-11-6-5-7-12(8-11)19-3/h4-9,19H,1H2,2-3H3,(H2,15,16,17,18). The molecule has 0 saturated heterocycles. The van der Waals surface area contributed by atoms with Crippen LogP contribution in [0.4, 0.5) is 17.3 Å². The smallest absolute Gasteiger partial charge is 0.138 e. The van der Waals surface area contributed by atoms with Crippen LogP contribution in [-0.4, -0.2) is 16.6 Å². The van der Waals surface area contributed by atoms with E-state index in [-0.39, 0.29) is 0 Å². The molecule has 0 aliphatic heterocycles. The van der Waals surface area contributed by atoms with Crippen molar-refractivity contribution in [2.24, 2.45) is 0 Å². The molecular weight excluding hydrogens is 255 g/mol. The number of nitrogens with zero attached hydrogens (tertiary/aromatic N) is 2. The second kappa shape index (κ2) is 6.30. The first-order chi connectivity index (χ1) is 9.24. The molecule has 1 atom stereocenters. The molecule has 98 valence electrons. The number of aromatic nitrogens is 2. The maximum absolute atomic E-state index is 4.28. The van der Waals surface area contributed by atoms with Gasteiger partial charge >= 0.3 is 0 Å². The maximum atomic E-state index is 4.28. The molecule has 0 saturated carbocycles. The second-order valence-corrected chi connectivity index (χ2v) is 5.08. The number of anilines is 3. The number of benzene rings is 1. The summed E-state index contributed by atoms with van der Waals surface area (Å²) in [5.74, 6) is 1.57. The van der Waals surface area contributed by atoms with E-state index < -0.39 is 0 Å². The number of nitrogens with one attached hydrogen (secondary N) is 2. The van der Waals surface area contributed by atoms with E-state index >= 15 is 0 Å². The molecule has 0 aliphatic carbocycles. The predicted molar refractivity (Wildman–Crippen MR) is 84.2 cm³/mol. The fourth-order valence-corrected chi connectivity index (χ4v) is 2.27. The molecule has 0 spiro atoms. The van der Waals surface area contributed by atoms with Crippen LogP contribution in [0.3, 0.4) is 0 Å². The van der Waals surface area contributed by atoms with E-state index in [2.05, 4.69) is 46.0 Å². The monoisotopic (exact) mass is 272 g/mol. The zero-order valence-corrected chi connectivity index (χ0v) is 12.1. The van der Waals surface area contributed by atoms with Crippen molar-refractivity contribution in [3.63, 3.8) is 0 Å². The van der Waals surface area contributed by atoms with Crippen molar-refractivity contribution in [2.45, 2.75) is 6.92 Å². The van der Waals surface area contributed by atoms with Gasteiger partial charge in [0.25, 0.3) is 0 Å². The first-order valence-corrected chi connectivity index (χ1v) is 7.48. The minimum Gasteiger partial charge on any atom is -0.347 e. The van der Waals surface area contributed by atoms with E-state index in [1.165, 1.54) is 11.6 Å². The van der Waals surface area contributed by atoms with Crippen molar-refractivity contribution < 1.29 is 0 Å². The average molecular weight is 272 g/mol. The summed E-state index contributed by atoms with van der Waals surface area (Å²) in [5.41, 5.74) is 2.00. The van der Waals surface area contributed by atoms with Crippen LogP contribution in [0.15, 0.2) is 43.4 Å². The third-order valence-corrected chi connectivity index (χ3v) is 3.63. The minimum atomic E-state index is 0.765. The lowest BCUT2D eigenvalue weighted by Crippen LogP contribution is -2.03. The lowest BCUT2D eigenvalue weighted by atomic mass is 10.2. The number of rotatable bonds is 5. The SMILES string of the molecule is C=CNc1ncnc(Nc2cccc(PC)c2)c1C. The molecule has 0 radical (unpaired) electrons. The van der Waals surface area contributed by atoms with Gasteiger partial charge in [0.05, 0.1) is 0 Å². The van der Waals surface area contributed by atoms with Gasteiger partial charge in [-0.15, -0.1) is 0 Å². The molecule has 4 nitrogen and oxygen atoms in total. The minimum absolute atomic E-state index is 0.765. The summed E-state index contributed by atoms with van der Waals surface area (Å²) in [6, 6.07) is 8.35. The van der Waals surface area contributed by atoms with E-state index in [9.17, 15) is 0 Å². The Morgan fingerprint density at radius 3 is 2.79 bits per heavy atom. The normalized spacial score (nSPS) is 10.6. The van der Waals surface area contributed by atoms with Crippen LogP contribution in [0.5, 0.6) is 0 Å². The Morgan fingerprint density at radius 1 is 1.26 bits per heavy atom. The molecule has 5 heteroatoms. The number of hydrogen-bond acceptors (Lipinski definition) is 4. The third kappa shape index (κ3) is 3.30. The highest BCUT2D eigenvalue weighted by molar-refractivity contribution is 7.46. The Kier molecular flexibility index (Phi) is 4.48. The Morgan fingerprint density at radius 2 is 2.05 bits per heavy atom. The molecule has 1 aromatic carbocycles. The van der Waals surface area contributed by atoms with E-state index in [4.69, 9.17) is 0 Å². The van der Waals surface area contributed by atoms with E-state index in [0.29, 0.717) is 0 Å². The summed E-state index contributed by atoms with van der Waals surface area (Å²) in [7, 11) is 0.784. The first-order valence-electron chi connectivity index (χ1n) is 5.98. The van der Waals surface area contributed by atoms with Crippen LogP contribution in [0.2, 0.25) is 0 Å². The molecule has 0 amide bonds. The van der Waals surface area contributed by atoms with Gasteiger partial charge < -0.3 is 10.6 Å². The molecular formula is C14H17N4P. The average Bonchev–Trinajstić information content (AvgIpc) is 2.44. The summed E-state index contributed by atoms with van der Waals surface area (Å²) in [6.45, 7) is 7.78. The lowest BCUT2D eigenvalue weighted by molar-refractivity contribution is 1.13. The van der Waals surface area contributed by atoms with Gasteiger partial charge in [-0.05, 0) is 37.2 Å². The van der Waals surface area contributed by atoms with Crippen LogP contribution < -0.4 is 15.9 Å². The van der Waals surface area contributed by atoms with E-state index in [1.54, 1.807) is 6.20 Å². The van der Waals surface area contributed by atoms with Crippen molar-refractivity contribution in [1.82, 2.24) is 9.97 Å². The molecule has 1 heterocycles. The Labute approximate surface area is 115 Å². The Balaban J connectivity index is 2.27. The fourth-order valence-electron chi connectivity index (χ4n) is 1.71. The van der Waals surface area contributed by atoms with Crippen molar-refractivity contribution >= 4 is 31.2 Å². The summed E-state index contributed by atoms with van der Waals surface area (Å²) in [5, 5.41) is 7.64. The topological polar surface area (TPSA) is 49.8 Å². The third-order valence-electron chi connectivity index (χ3n) is 2.74. The molecule has 2 N–H and O–H groups in total. The largest absolute Gasteiger partial charge is 0.347 e. The lowest BCUT2D eigenvalue weighted by Gasteiger charge is -2.11. The Hall–Kier alpha value is -1.93. The predicted octanol–water partition coefficient (Wildman–Crippen LogP) is 3.02. The molecule has 0 bridgehead atoms. The van der Waals surface area contributed by atoms with Gasteiger partial charge in [0.2, 0.25) is 0 Å². The summed E-state index contributed by atoms with van der Waals surface area (Å²) >= 11 is 0. The fraction of sp³-hybridized carbons (Fsp3) is 0.143. The van der Waals surface area contributed by atoms with Gasteiger partial charge in [-0.2, -0.15) is 0 Å². The molecule has 19 heavy (non-hydrogen) atoms. The Bertz CT molecular complexity index is 583. The van der Waals surface area contributed by atoms with Gasteiger partial charge in [0.1, 0.15) is 18.0 Å². The van der Waals surface area contributed by atoms with E-state index in [0.717, 1.165) is 31.5 Å². The molecule has 1 aromatic heterocycles.